The molecule has 1 amide bonds. The third kappa shape index (κ3) is 4.85. The first kappa shape index (κ1) is 21.9. The number of carbonyl (C=O) groups is 1. The van der Waals surface area contributed by atoms with Crippen molar-refractivity contribution in [3.8, 4) is 5.75 Å². The molecule has 10 heteroatoms. The Kier molecular flexibility index (Phi) is 6.52. The number of ether oxygens (including phenoxy) is 2. The van der Waals surface area contributed by atoms with E-state index in [4.69, 9.17) is 26.8 Å². The maximum Gasteiger partial charge on any atom is 0.297 e. The number of rotatable bonds is 5. The molecular formula is C20H21ClF2N4O3. The van der Waals surface area contributed by atoms with Crippen molar-refractivity contribution in [2.45, 2.75) is 25.8 Å². The molecule has 0 saturated heterocycles. The Hall–Kier alpha value is -2.78. The number of nitrogens with one attached hydrogen (secondary N) is 1. The van der Waals surface area contributed by atoms with Gasteiger partial charge in [-0.25, -0.2) is 13.8 Å². The zero-order valence-corrected chi connectivity index (χ0v) is 17.2. The summed E-state index contributed by atoms with van der Waals surface area (Å²) < 4.78 is 39.8. The van der Waals surface area contributed by atoms with Gasteiger partial charge in [-0.2, -0.15) is 0 Å². The number of aliphatic imine (C=N–C) groups is 1. The number of halogens is 3. The minimum atomic E-state index is -3.32. The number of aromatic nitrogens is 1. The van der Waals surface area contributed by atoms with Crippen molar-refractivity contribution in [3.05, 3.63) is 52.3 Å². The number of hydrogen-bond acceptors (Lipinski definition) is 6. The van der Waals surface area contributed by atoms with Gasteiger partial charge in [-0.1, -0.05) is 11.6 Å². The van der Waals surface area contributed by atoms with Crippen LogP contribution < -0.4 is 15.8 Å². The van der Waals surface area contributed by atoms with E-state index >= 15 is 0 Å². The molecule has 0 fully saturated rings. The van der Waals surface area contributed by atoms with E-state index in [1.165, 1.54) is 24.4 Å². The lowest BCUT2D eigenvalue weighted by atomic mass is 9.99. The molecule has 3 N–H and O–H groups in total. The van der Waals surface area contributed by atoms with Gasteiger partial charge in [0.05, 0.1) is 11.6 Å². The van der Waals surface area contributed by atoms with Crippen LogP contribution in [-0.2, 0) is 4.74 Å². The molecule has 1 aliphatic rings. The molecule has 1 aromatic carbocycles. The molecule has 1 aliphatic heterocycles. The Labute approximate surface area is 177 Å². The maximum absolute atomic E-state index is 14.7. The fourth-order valence-corrected chi connectivity index (χ4v) is 3.29. The van der Waals surface area contributed by atoms with Gasteiger partial charge >= 0.3 is 0 Å². The summed E-state index contributed by atoms with van der Waals surface area (Å²) in [7, 11) is 0. The van der Waals surface area contributed by atoms with Gasteiger partial charge in [-0.3, -0.25) is 9.79 Å². The molecule has 30 heavy (non-hydrogen) atoms. The largest absolute Gasteiger partial charge is 0.494 e. The van der Waals surface area contributed by atoms with E-state index in [-0.39, 0.29) is 46.8 Å². The average Bonchev–Trinajstić information content (AvgIpc) is 2.80. The van der Waals surface area contributed by atoms with Crippen LogP contribution in [0.25, 0.3) is 0 Å². The molecule has 1 unspecified atom stereocenters. The van der Waals surface area contributed by atoms with Gasteiger partial charge in [0.1, 0.15) is 36.5 Å². The second-order valence-corrected chi connectivity index (χ2v) is 7.17. The number of alkyl halides is 2. The summed E-state index contributed by atoms with van der Waals surface area (Å²) in [6.45, 7) is 2.76. The first-order valence-corrected chi connectivity index (χ1v) is 9.57. The van der Waals surface area contributed by atoms with E-state index < -0.39 is 24.5 Å². The number of pyridine rings is 1. The van der Waals surface area contributed by atoms with Crippen molar-refractivity contribution in [2.75, 3.05) is 25.1 Å². The number of anilines is 1. The highest BCUT2D eigenvalue weighted by Crippen LogP contribution is 2.41. The topological polar surface area (TPSA) is 98.8 Å². The zero-order valence-electron chi connectivity index (χ0n) is 16.4. The third-order valence-electron chi connectivity index (χ3n) is 4.29. The lowest BCUT2D eigenvalue weighted by Gasteiger charge is -2.24. The van der Waals surface area contributed by atoms with Gasteiger partial charge in [-0.05, 0) is 43.7 Å². The Morgan fingerprint density at radius 3 is 2.90 bits per heavy atom. The molecule has 160 valence electrons. The molecule has 0 saturated carbocycles. The molecule has 0 radical (unpaired) electrons. The van der Waals surface area contributed by atoms with Crippen molar-refractivity contribution >= 4 is 29.0 Å². The molecule has 1 aromatic heterocycles. The highest BCUT2D eigenvalue weighted by Gasteiger charge is 2.44. The summed E-state index contributed by atoms with van der Waals surface area (Å²) in [5, 5.41) is 2.81. The Morgan fingerprint density at radius 1 is 1.43 bits per heavy atom. The van der Waals surface area contributed by atoms with E-state index in [2.05, 4.69) is 15.3 Å². The number of nitrogens with zero attached hydrogens (tertiary/aromatic N) is 2. The summed E-state index contributed by atoms with van der Waals surface area (Å²) in [5.41, 5.74) is 6.85. The Bertz CT molecular complexity index is 985. The predicted octanol–water partition coefficient (Wildman–Crippen LogP) is 3.76. The van der Waals surface area contributed by atoms with Crippen molar-refractivity contribution in [1.82, 2.24) is 4.98 Å². The second kappa shape index (κ2) is 8.93. The molecule has 7 nitrogen and oxygen atoms in total. The van der Waals surface area contributed by atoms with Crippen LogP contribution in [-0.4, -0.2) is 42.5 Å². The highest BCUT2D eigenvalue weighted by atomic mass is 35.5. The lowest BCUT2D eigenvalue weighted by Crippen LogP contribution is -2.30. The van der Waals surface area contributed by atoms with Crippen molar-refractivity contribution in [2.24, 2.45) is 10.7 Å². The van der Waals surface area contributed by atoms with Crippen LogP contribution in [0.2, 0.25) is 5.02 Å². The summed E-state index contributed by atoms with van der Waals surface area (Å²) in [4.78, 5) is 20.5. The van der Waals surface area contributed by atoms with Crippen LogP contribution in [0.1, 0.15) is 34.6 Å². The van der Waals surface area contributed by atoms with Crippen LogP contribution >= 0.6 is 11.6 Å². The highest BCUT2D eigenvalue weighted by molar-refractivity contribution is 6.34. The molecule has 2 heterocycles. The number of carbonyl (C=O) groups excluding carboxylic acids is 1. The fourth-order valence-electron chi connectivity index (χ4n) is 2.98. The van der Waals surface area contributed by atoms with Gasteiger partial charge < -0.3 is 20.5 Å². The van der Waals surface area contributed by atoms with E-state index in [0.29, 0.717) is 0 Å². The van der Waals surface area contributed by atoms with Crippen molar-refractivity contribution in [1.29, 1.82) is 0 Å². The van der Waals surface area contributed by atoms with Crippen LogP contribution in [0.5, 0.6) is 5.75 Å². The smallest absolute Gasteiger partial charge is 0.297 e. The fraction of sp³-hybridized carbons (Fsp3) is 0.350. The van der Waals surface area contributed by atoms with Crippen LogP contribution in [0.15, 0.2) is 35.5 Å². The summed E-state index contributed by atoms with van der Waals surface area (Å²) in [5.74, 6) is -3.74. The summed E-state index contributed by atoms with van der Waals surface area (Å²) >= 11 is 6.09. The van der Waals surface area contributed by atoms with E-state index in [0.717, 1.165) is 5.56 Å². The van der Waals surface area contributed by atoms with E-state index in [1.54, 1.807) is 19.9 Å². The monoisotopic (exact) mass is 438 g/mol. The molecular weight excluding hydrogens is 418 g/mol. The second-order valence-electron chi connectivity index (χ2n) is 6.76. The van der Waals surface area contributed by atoms with E-state index in [1.807, 2.05) is 0 Å². The summed E-state index contributed by atoms with van der Waals surface area (Å²) in [6, 6.07) is 4.39. The Balaban J connectivity index is 1.98. The number of benzene rings is 1. The van der Waals surface area contributed by atoms with Gasteiger partial charge in [0.2, 0.25) is 0 Å². The van der Waals surface area contributed by atoms with Gasteiger partial charge in [-0.15, -0.1) is 0 Å². The normalized spacial score (nSPS) is 18.3. The molecule has 0 bridgehead atoms. The first-order valence-electron chi connectivity index (χ1n) is 9.19. The predicted molar refractivity (Wildman–Crippen MR) is 110 cm³/mol. The molecule has 0 spiro atoms. The zero-order chi connectivity index (χ0) is 21.9. The van der Waals surface area contributed by atoms with Crippen LogP contribution in [0.4, 0.5) is 14.5 Å². The SMILES string of the molecule is CCOc1ccc(NC(=O)c2ncc(C)cc2Cl)cc1C1N=C(N)COCC1(F)F. The molecule has 1 atom stereocenters. The first-order chi connectivity index (χ1) is 14.2. The van der Waals surface area contributed by atoms with Crippen LogP contribution in [0, 0.1) is 6.92 Å². The molecule has 0 aliphatic carbocycles. The Morgan fingerprint density at radius 2 is 2.20 bits per heavy atom. The summed E-state index contributed by atoms with van der Waals surface area (Å²) in [6.07, 6.45) is 1.51. The number of hydrogen-bond donors (Lipinski definition) is 2. The number of amides is 1. The van der Waals surface area contributed by atoms with E-state index in [9.17, 15) is 13.6 Å². The number of nitrogens with two attached hydrogens (primary N) is 1. The minimum Gasteiger partial charge on any atom is -0.494 e. The van der Waals surface area contributed by atoms with Gasteiger partial charge in [0.15, 0.2) is 0 Å². The molecule has 3 rings (SSSR count). The third-order valence-corrected chi connectivity index (χ3v) is 4.58. The number of amidine groups is 1. The van der Waals surface area contributed by atoms with Crippen molar-refractivity contribution < 1.29 is 23.0 Å². The maximum atomic E-state index is 14.7. The lowest BCUT2D eigenvalue weighted by molar-refractivity contribution is -0.0829. The number of aryl methyl sites for hydroxylation is 1. The minimum absolute atomic E-state index is 0.0214. The standard InChI is InChI=1S/C20H21ClF2N4O3/c1-3-30-15-5-4-12(26-19(28)17-14(21)6-11(2)8-25-17)7-13(15)18-20(22,23)10-29-9-16(24)27-18/h4-8,18H,3,9-10H2,1-2H3,(H2,24,27)(H,26,28). The van der Waals surface area contributed by atoms with Gasteiger partial charge in [0, 0.05) is 17.4 Å². The van der Waals surface area contributed by atoms with Crippen molar-refractivity contribution in [3.63, 3.8) is 0 Å². The van der Waals surface area contributed by atoms with Gasteiger partial charge in [0.25, 0.3) is 11.8 Å². The molecule has 2 aromatic rings. The average molecular weight is 439 g/mol. The van der Waals surface area contributed by atoms with Crippen LogP contribution in [0.3, 0.4) is 0 Å². The quantitative estimate of drug-likeness (QED) is 0.740.